The van der Waals surface area contributed by atoms with Crippen molar-refractivity contribution in [2.45, 2.75) is 38.8 Å². The summed E-state index contributed by atoms with van der Waals surface area (Å²) in [6.45, 7) is 5.79. The number of rotatable bonds is 1. The second kappa shape index (κ2) is 4.48. The Kier molecular flexibility index (Phi) is 3.76. The third-order valence-corrected chi connectivity index (χ3v) is 4.64. The summed E-state index contributed by atoms with van der Waals surface area (Å²) in [6, 6.07) is -0.325. The molecule has 0 aromatic heterocycles. The Balaban J connectivity index is 2.98. The molecule has 0 aromatic carbocycles. The quantitative estimate of drug-likeness (QED) is 0.707. The number of hydrogen-bond acceptors (Lipinski definition) is 3. The van der Waals surface area contributed by atoms with Crippen LogP contribution in [0.25, 0.3) is 0 Å². The summed E-state index contributed by atoms with van der Waals surface area (Å²) < 4.78 is 23.0. The van der Waals surface area contributed by atoms with Crippen LogP contribution in [0.5, 0.6) is 0 Å². The van der Waals surface area contributed by atoms with Crippen molar-refractivity contribution in [3.63, 3.8) is 0 Å². The molecule has 17 heavy (non-hydrogen) atoms. The van der Waals surface area contributed by atoms with Crippen LogP contribution >= 0.6 is 0 Å². The zero-order valence-electron chi connectivity index (χ0n) is 11.2. The van der Waals surface area contributed by atoms with Crippen LogP contribution in [0.15, 0.2) is 0 Å². The molecule has 0 radical (unpaired) electrons. The summed E-state index contributed by atoms with van der Waals surface area (Å²) >= 11 is 0. The van der Waals surface area contributed by atoms with E-state index in [1.807, 2.05) is 20.8 Å². The Morgan fingerprint density at radius 3 is 2.06 bits per heavy atom. The molecular weight excluding hydrogens is 240 g/mol. The molecule has 1 aliphatic heterocycles. The fourth-order valence-electron chi connectivity index (χ4n) is 2.19. The molecule has 0 saturated carbocycles. The van der Waals surface area contributed by atoms with E-state index in [0.717, 1.165) is 0 Å². The Labute approximate surface area is 104 Å². The third-order valence-electron chi connectivity index (χ3n) is 2.88. The maximum atomic E-state index is 12.1. The Morgan fingerprint density at radius 1 is 1.24 bits per heavy atom. The average Bonchev–Trinajstić information content (AvgIpc) is 2.43. The van der Waals surface area contributed by atoms with Gasteiger partial charge >= 0.3 is 6.03 Å². The first-order valence-corrected chi connectivity index (χ1v) is 7.58. The summed E-state index contributed by atoms with van der Waals surface area (Å²) in [5.41, 5.74) is -0.369. The minimum absolute atomic E-state index is 0.0872. The second-order valence-electron chi connectivity index (χ2n) is 5.77. The van der Waals surface area contributed by atoms with Crippen LogP contribution in [0.1, 0.15) is 27.2 Å². The minimum Gasteiger partial charge on any atom is -0.331 e. The van der Waals surface area contributed by atoms with Gasteiger partial charge in [0.15, 0.2) is 9.84 Å². The van der Waals surface area contributed by atoms with Crippen molar-refractivity contribution in [2.24, 2.45) is 0 Å². The van der Waals surface area contributed by atoms with Crippen molar-refractivity contribution in [3.05, 3.63) is 0 Å². The van der Waals surface area contributed by atoms with Gasteiger partial charge in [0, 0.05) is 25.7 Å². The van der Waals surface area contributed by atoms with Crippen molar-refractivity contribution >= 4 is 15.9 Å². The number of carbonyl (C=O) groups excluding carboxylic acids is 1. The summed E-state index contributed by atoms with van der Waals surface area (Å²) in [5, 5.41) is 0. The van der Waals surface area contributed by atoms with Crippen molar-refractivity contribution in [3.8, 4) is 0 Å². The average molecular weight is 262 g/mol. The monoisotopic (exact) mass is 262 g/mol. The number of nitrogens with zero attached hydrogens (tertiary/aromatic N) is 2. The van der Waals surface area contributed by atoms with Crippen LogP contribution in [0.3, 0.4) is 0 Å². The van der Waals surface area contributed by atoms with E-state index in [-0.39, 0.29) is 29.1 Å². The number of carbonyl (C=O) groups is 1. The predicted octanol–water partition coefficient (Wildman–Crippen LogP) is 0.956. The lowest BCUT2D eigenvalue weighted by Gasteiger charge is -2.41. The highest BCUT2D eigenvalue weighted by atomic mass is 32.2. The molecule has 0 aliphatic carbocycles. The van der Waals surface area contributed by atoms with Crippen LogP contribution < -0.4 is 0 Å². The van der Waals surface area contributed by atoms with Gasteiger partial charge in [-0.05, 0) is 27.2 Å². The van der Waals surface area contributed by atoms with E-state index in [9.17, 15) is 13.2 Å². The summed E-state index contributed by atoms with van der Waals surface area (Å²) in [4.78, 5) is 15.3. The minimum atomic E-state index is -2.97. The van der Waals surface area contributed by atoms with E-state index < -0.39 is 9.84 Å². The van der Waals surface area contributed by atoms with Crippen LogP contribution in [0.2, 0.25) is 0 Å². The van der Waals surface area contributed by atoms with Gasteiger partial charge in [0.05, 0.1) is 11.5 Å². The Bertz CT molecular complexity index is 395. The molecule has 1 saturated heterocycles. The fraction of sp³-hybridized carbons (Fsp3) is 0.909. The summed E-state index contributed by atoms with van der Waals surface area (Å²) in [5.74, 6) is 0.273. The zero-order valence-corrected chi connectivity index (χ0v) is 12.0. The lowest BCUT2D eigenvalue weighted by Crippen LogP contribution is -2.55. The largest absolute Gasteiger partial charge is 0.331 e. The van der Waals surface area contributed by atoms with E-state index in [1.165, 1.54) is 4.90 Å². The number of urea groups is 1. The van der Waals surface area contributed by atoms with Crippen LogP contribution in [0, 0.1) is 0 Å². The molecule has 0 spiro atoms. The van der Waals surface area contributed by atoms with E-state index in [1.54, 1.807) is 19.0 Å². The van der Waals surface area contributed by atoms with E-state index in [0.29, 0.717) is 6.42 Å². The molecule has 1 heterocycles. The highest BCUT2D eigenvalue weighted by Gasteiger charge is 2.40. The molecule has 6 heteroatoms. The molecular formula is C11H22N2O3S. The molecule has 0 aromatic rings. The fourth-order valence-corrected chi connectivity index (χ4v) is 3.89. The predicted molar refractivity (Wildman–Crippen MR) is 67.7 cm³/mol. The van der Waals surface area contributed by atoms with Gasteiger partial charge in [0.2, 0.25) is 0 Å². The van der Waals surface area contributed by atoms with Gasteiger partial charge in [-0.15, -0.1) is 0 Å². The molecule has 1 atom stereocenters. The molecule has 100 valence electrons. The lowest BCUT2D eigenvalue weighted by molar-refractivity contribution is 0.0973. The molecule has 1 aliphatic rings. The van der Waals surface area contributed by atoms with Crippen molar-refractivity contribution in [1.29, 1.82) is 0 Å². The zero-order chi connectivity index (χ0) is 13.4. The normalized spacial score (nSPS) is 23.5. The molecule has 0 bridgehead atoms. The maximum absolute atomic E-state index is 12.1. The highest BCUT2D eigenvalue weighted by molar-refractivity contribution is 7.91. The molecule has 2 amide bonds. The van der Waals surface area contributed by atoms with Crippen LogP contribution in [-0.2, 0) is 9.84 Å². The Morgan fingerprint density at radius 2 is 1.76 bits per heavy atom. The van der Waals surface area contributed by atoms with Crippen LogP contribution in [0.4, 0.5) is 4.79 Å². The molecule has 0 N–H and O–H groups in total. The topological polar surface area (TPSA) is 57.7 Å². The molecule has 1 fully saturated rings. The van der Waals surface area contributed by atoms with E-state index >= 15 is 0 Å². The molecule has 5 nitrogen and oxygen atoms in total. The van der Waals surface area contributed by atoms with E-state index in [2.05, 4.69) is 0 Å². The standard InChI is InChI=1S/C11H22N2O3S/c1-11(2,3)13(10(14)12(4)5)9-6-7-17(15,16)8-9/h9H,6-8H2,1-5H3/t9-/m0/s1. The van der Waals surface area contributed by atoms with Gasteiger partial charge in [-0.3, -0.25) is 0 Å². The van der Waals surface area contributed by atoms with Gasteiger partial charge in [0.1, 0.15) is 0 Å². The van der Waals surface area contributed by atoms with Gasteiger partial charge < -0.3 is 9.80 Å². The maximum Gasteiger partial charge on any atom is 0.320 e. The highest BCUT2D eigenvalue weighted by Crippen LogP contribution is 2.26. The van der Waals surface area contributed by atoms with Gasteiger partial charge in [-0.25, -0.2) is 13.2 Å². The van der Waals surface area contributed by atoms with E-state index in [4.69, 9.17) is 0 Å². The van der Waals surface area contributed by atoms with Crippen molar-refractivity contribution in [2.75, 3.05) is 25.6 Å². The first-order valence-electron chi connectivity index (χ1n) is 5.75. The lowest BCUT2D eigenvalue weighted by atomic mass is 10.0. The second-order valence-corrected chi connectivity index (χ2v) is 8.00. The first-order chi connectivity index (χ1) is 7.54. The van der Waals surface area contributed by atoms with Gasteiger partial charge in [0.25, 0.3) is 0 Å². The van der Waals surface area contributed by atoms with Crippen molar-refractivity contribution < 1.29 is 13.2 Å². The first kappa shape index (κ1) is 14.3. The smallest absolute Gasteiger partial charge is 0.320 e. The SMILES string of the molecule is CN(C)C(=O)N([C@H]1CCS(=O)(=O)C1)C(C)(C)C. The third kappa shape index (κ3) is 3.34. The molecule has 1 rings (SSSR count). The Hall–Kier alpha value is -0.780. The number of sulfone groups is 1. The number of hydrogen-bond donors (Lipinski definition) is 0. The summed E-state index contributed by atoms with van der Waals surface area (Å²) in [6.07, 6.45) is 0.541. The van der Waals surface area contributed by atoms with Crippen LogP contribution in [-0.4, -0.2) is 61.4 Å². The van der Waals surface area contributed by atoms with Gasteiger partial charge in [-0.1, -0.05) is 0 Å². The summed E-state index contributed by atoms with van der Waals surface area (Å²) in [7, 11) is 0.398. The molecule has 0 unspecified atom stereocenters. The van der Waals surface area contributed by atoms with Gasteiger partial charge in [-0.2, -0.15) is 0 Å². The van der Waals surface area contributed by atoms with Crippen molar-refractivity contribution in [1.82, 2.24) is 9.80 Å². The number of amides is 2.